The minimum Gasteiger partial charge on any atom is -0.381 e. The Hall–Kier alpha value is -1.61. The summed E-state index contributed by atoms with van der Waals surface area (Å²) in [5, 5.41) is 0. The Labute approximate surface area is 114 Å². The lowest BCUT2D eigenvalue weighted by Gasteiger charge is -2.22. The van der Waals surface area contributed by atoms with Gasteiger partial charge >= 0.3 is 0 Å². The number of carbonyl (C=O) groups excluding carboxylic acids is 1. The fourth-order valence-electron chi connectivity index (χ4n) is 2.24. The molecule has 1 aromatic carbocycles. The van der Waals surface area contributed by atoms with Crippen molar-refractivity contribution in [2.45, 2.75) is 13.3 Å². The first-order chi connectivity index (χ1) is 9.31. The molecule has 3 heteroatoms. The molecular weight excluding hydrogens is 238 g/mol. The summed E-state index contributed by atoms with van der Waals surface area (Å²) in [6.07, 6.45) is 4.96. The van der Waals surface area contributed by atoms with Crippen LogP contribution in [0.3, 0.4) is 0 Å². The Bertz CT molecular complexity index is 422. The molecule has 0 aliphatic carbocycles. The van der Waals surface area contributed by atoms with Gasteiger partial charge in [0.1, 0.15) is 0 Å². The lowest BCUT2D eigenvalue weighted by Crippen LogP contribution is -2.36. The molecule has 102 valence electrons. The highest BCUT2D eigenvalue weighted by molar-refractivity contribution is 5.79. The lowest BCUT2D eigenvalue weighted by atomic mass is 10.1. The van der Waals surface area contributed by atoms with E-state index in [2.05, 4.69) is 18.2 Å². The van der Waals surface area contributed by atoms with E-state index < -0.39 is 0 Å². The quantitative estimate of drug-likeness (QED) is 0.813. The molecule has 0 spiro atoms. The third-order valence-electron chi connectivity index (χ3n) is 3.41. The number of amides is 1. The predicted octanol–water partition coefficient (Wildman–Crippen LogP) is 2.58. The molecule has 0 saturated carbocycles. The number of benzene rings is 1. The van der Waals surface area contributed by atoms with Crippen LogP contribution in [0.25, 0.3) is 6.08 Å². The highest BCUT2D eigenvalue weighted by Gasteiger charge is 2.26. The maximum Gasteiger partial charge on any atom is 0.228 e. The van der Waals surface area contributed by atoms with E-state index in [9.17, 15) is 4.79 Å². The van der Waals surface area contributed by atoms with Crippen LogP contribution in [0.15, 0.2) is 36.4 Å². The summed E-state index contributed by atoms with van der Waals surface area (Å²) in [4.78, 5) is 14.1. The smallest absolute Gasteiger partial charge is 0.228 e. The summed E-state index contributed by atoms with van der Waals surface area (Å²) < 4.78 is 5.28. The molecule has 1 atom stereocenters. The largest absolute Gasteiger partial charge is 0.381 e. The van der Waals surface area contributed by atoms with Gasteiger partial charge in [0, 0.05) is 19.7 Å². The van der Waals surface area contributed by atoms with Gasteiger partial charge in [-0.15, -0.1) is 0 Å². The lowest BCUT2D eigenvalue weighted by molar-refractivity contribution is -0.134. The van der Waals surface area contributed by atoms with Gasteiger partial charge in [-0.3, -0.25) is 4.79 Å². The first-order valence-corrected chi connectivity index (χ1v) is 6.89. The van der Waals surface area contributed by atoms with Crippen LogP contribution in [0.1, 0.15) is 18.9 Å². The summed E-state index contributed by atoms with van der Waals surface area (Å²) in [6, 6.07) is 10.1. The molecular formula is C16H21NO2. The molecule has 0 aromatic heterocycles. The Morgan fingerprint density at radius 2 is 2.21 bits per heavy atom. The van der Waals surface area contributed by atoms with Crippen LogP contribution in [-0.2, 0) is 9.53 Å². The van der Waals surface area contributed by atoms with Gasteiger partial charge in [-0.1, -0.05) is 42.5 Å². The highest BCUT2D eigenvalue weighted by atomic mass is 16.5. The minimum absolute atomic E-state index is 0.0603. The first-order valence-electron chi connectivity index (χ1n) is 6.89. The number of rotatable bonds is 5. The van der Waals surface area contributed by atoms with Crippen LogP contribution in [0, 0.1) is 5.92 Å². The molecule has 1 heterocycles. The molecule has 19 heavy (non-hydrogen) atoms. The fourth-order valence-corrected chi connectivity index (χ4v) is 2.24. The molecule has 1 aromatic rings. The van der Waals surface area contributed by atoms with E-state index in [0.717, 1.165) is 18.5 Å². The van der Waals surface area contributed by atoms with Crippen molar-refractivity contribution >= 4 is 12.0 Å². The summed E-state index contributed by atoms with van der Waals surface area (Å²) in [5.41, 5.74) is 1.16. The number of nitrogens with zero attached hydrogens (tertiary/aromatic N) is 1. The zero-order chi connectivity index (χ0) is 13.5. The molecule has 2 rings (SSSR count). The molecule has 3 nitrogen and oxygen atoms in total. The van der Waals surface area contributed by atoms with Crippen molar-refractivity contribution in [2.75, 3.05) is 26.3 Å². The maximum atomic E-state index is 12.2. The van der Waals surface area contributed by atoms with Crippen molar-refractivity contribution in [3.8, 4) is 0 Å². The Morgan fingerprint density at radius 3 is 2.84 bits per heavy atom. The summed E-state index contributed by atoms with van der Waals surface area (Å²) in [5.74, 6) is 0.280. The Morgan fingerprint density at radius 1 is 1.42 bits per heavy atom. The zero-order valence-corrected chi connectivity index (χ0v) is 11.4. The van der Waals surface area contributed by atoms with Crippen LogP contribution in [0.5, 0.6) is 0 Å². The predicted molar refractivity (Wildman–Crippen MR) is 76.7 cm³/mol. The third-order valence-corrected chi connectivity index (χ3v) is 3.41. The molecule has 1 fully saturated rings. The standard InChI is InChI=1S/C16H21NO2/c1-2-17(16(18)15-10-12-19-13-15)11-6-9-14-7-4-3-5-8-14/h3-9,15H,2,10-13H2,1H3. The second kappa shape index (κ2) is 7.10. The van der Waals surface area contributed by atoms with E-state index in [1.807, 2.05) is 36.1 Å². The number of hydrogen-bond acceptors (Lipinski definition) is 2. The van der Waals surface area contributed by atoms with Crippen LogP contribution in [0.4, 0.5) is 0 Å². The number of carbonyl (C=O) groups is 1. The van der Waals surface area contributed by atoms with E-state index in [-0.39, 0.29) is 11.8 Å². The first kappa shape index (κ1) is 13.8. The summed E-state index contributed by atoms with van der Waals surface area (Å²) in [6.45, 7) is 4.73. The van der Waals surface area contributed by atoms with Crippen molar-refractivity contribution in [3.05, 3.63) is 42.0 Å². The van der Waals surface area contributed by atoms with Crippen molar-refractivity contribution in [3.63, 3.8) is 0 Å². The monoisotopic (exact) mass is 259 g/mol. The van der Waals surface area contributed by atoms with Crippen LogP contribution in [-0.4, -0.2) is 37.1 Å². The van der Waals surface area contributed by atoms with Crippen molar-refractivity contribution in [1.82, 2.24) is 4.90 Å². The molecule has 1 aliphatic heterocycles. The van der Waals surface area contributed by atoms with Crippen LogP contribution >= 0.6 is 0 Å². The van der Waals surface area contributed by atoms with Crippen LogP contribution in [0.2, 0.25) is 0 Å². The summed E-state index contributed by atoms with van der Waals surface area (Å²) in [7, 11) is 0. The van der Waals surface area contributed by atoms with Crippen molar-refractivity contribution in [1.29, 1.82) is 0 Å². The van der Waals surface area contributed by atoms with Gasteiger partial charge in [-0.2, -0.15) is 0 Å². The molecule has 1 aliphatic rings. The SMILES string of the molecule is CCN(CC=Cc1ccccc1)C(=O)C1CCOC1. The number of likely N-dealkylation sites (N-methyl/N-ethyl adjacent to an activating group) is 1. The Balaban J connectivity index is 1.88. The van der Waals surface area contributed by atoms with Gasteiger partial charge in [-0.25, -0.2) is 0 Å². The van der Waals surface area contributed by atoms with E-state index in [1.165, 1.54) is 0 Å². The van der Waals surface area contributed by atoms with E-state index >= 15 is 0 Å². The van der Waals surface area contributed by atoms with Gasteiger partial charge in [0.25, 0.3) is 0 Å². The van der Waals surface area contributed by atoms with Gasteiger partial charge in [0.05, 0.1) is 12.5 Å². The van der Waals surface area contributed by atoms with E-state index in [1.54, 1.807) is 0 Å². The molecule has 0 bridgehead atoms. The van der Waals surface area contributed by atoms with Gasteiger partial charge in [-0.05, 0) is 18.9 Å². The maximum absolute atomic E-state index is 12.2. The van der Waals surface area contributed by atoms with Gasteiger partial charge < -0.3 is 9.64 Å². The third kappa shape index (κ3) is 3.93. The fraction of sp³-hybridized carbons (Fsp3) is 0.438. The van der Waals surface area contributed by atoms with Crippen LogP contribution < -0.4 is 0 Å². The highest BCUT2D eigenvalue weighted by Crippen LogP contribution is 2.15. The van der Waals surface area contributed by atoms with Gasteiger partial charge in [0.15, 0.2) is 0 Å². The van der Waals surface area contributed by atoms with Crippen molar-refractivity contribution in [2.24, 2.45) is 5.92 Å². The average Bonchev–Trinajstić information content (AvgIpc) is 2.98. The topological polar surface area (TPSA) is 29.5 Å². The van der Waals surface area contributed by atoms with Gasteiger partial charge in [0.2, 0.25) is 5.91 Å². The minimum atomic E-state index is 0.0603. The average molecular weight is 259 g/mol. The van der Waals surface area contributed by atoms with E-state index in [0.29, 0.717) is 19.8 Å². The molecule has 0 N–H and O–H groups in total. The van der Waals surface area contributed by atoms with E-state index in [4.69, 9.17) is 4.74 Å². The van der Waals surface area contributed by atoms with Crippen molar-refractivity contribution < 1.29 is 9.53 Å². The zero-order valence-electron chi connectivity index (χ0n) is 11.4. The number of ether oxygens (including phenoxy) is 1. The molecule has 0 radical (unpaired) electrons. The summed E-state index contributed by atoms with van der Waals surface area (Å²) >= 11 is 0. The Kier molecular flexibility index (Phi) is 5.16. The number of hydrogen-bond donors (Lipinski definition) is 0. The second-order valence-corrected chi connectivity index (χ2v) is 4.75. The molecule has 1 saturated heterocycles. The molecule has 1 unspecified atom stereocenters. The normalized spacial score (nSPS) is 18.9. The molecule has 1 amide bonds. The second-order valence-electron chi connectivity index (χ2n) is 4.75.